The van der Waals surface area contributed by atoms with Crippen LogP contribution in [0.4, 0.5) is 21.7 Å². The zero-order valence-electron chi connectivity index (χ0n) is 21.2. The lowest BCUT2D eigenvalue weighted by Gasteiger charge is -2.27. The van der Waals surface area contributed by atoms with Crippen molar-refractivity contribution < 1.29 is 13.9 Å². The number of rotatable bonds is 10. The number of anilines is 3. The number of halogens is 2. The summed E-state index contributed by atoms with van der Waals surface area (Å²) in [5.41, 5.74) is 1.77. The van der Waals surface area contributed by atoms with E-state index < -0.39 is 5.82 Å². The molecule has 2 atom stereocenters. The van der Waals surface area contributed by atoms with Crippen molar-refractivity contribution in [3.8, 4) is 5.75 Å². The Labute approximate surface area is 231 Å². The summed E-state index contributed by atoms with van der Waals surface area (Å²) in [5, 5.41) is 17.3. The Balaban J connectivity index is 0.00000308. The predicted octanol–water partition coefficient (Wildman–Crippen LogP) is 3.65. The summed E-state index contributed by atoms with van der Waals surface area (Å²) in [6, 6.07) is 14.6. The number of nitrogens with zero attached hydrogens (tertiary/aromatic N) is 4. The van der Waals surface area contributed by atoms with Gasteiger partial charge in [0.2, 0.25) is 5.91 Å². The third-order valence-electron chi connectivity index (χ3n) is 6.97. The van der Waals surface area contributed by atoms with Gasteiger partial charge in [0.1, 0.15) is 23.7 Å². The molecule has 0 aliphatic carbocycles. The van der Waals surface area contributed by atoms with Gasteiger partial charge in [-0.3, -0.25) is 14.8 Å². The lowest BCUT2D eigenvalue weighted by molar-refractivity contribution is -0.115. The summed E-state index contributed by atoms with van der Waals surface area (Å²) in [5.74, 6) is 1.20. The number of hydrogen-bond donors (Lipinski definition) is 4. The lowest BCUT2D eigenvalue weighted by atomic mass is 10.2. The molecule has 2 unspecified atom stereocenters. The molecule has 0 radical (unpaired) electrons. The summed E-state index contributed by atoms with van der Waals surface area (Å²) in [7, 11) is 0. The average molecular weight is 553 g/mol. The molecule has 1 amide bonds. The maximum atomic E-state index is 13.3. The topological polar surface area (TPSA) is 120 Å². The molecule has 2 bridgehead atoms. The van der Waals surface area contributed by atoms with E-state index in [0.717, 1.165) is 42.7 Å². The number of carbonyl (C=O) groups is 1. The number of nitrogens with one attached hydrogen (secondary N) is 4. The van der Waals surface area contributed by atoms with Gasteiger partial charge in [-0.2, -0.15) is 5.10 Å². The molecule has 2 aliphatic rings. The van der Waals surface area contributed by atoms with Gasteiger partial charge in [-0.05, 0) is 43.2 Å². The molecule has 2 fully saturated rings. The second-order valence-electron chi connectivity index (χ2n) is 9.73. The molecule has 2 aromatic carbocycles. The quantitative estimate of drug-likeness (QED) is 0.220. The molecule has 2 aromatic heterocycles. The maximum absolute atomic E-state index is 13.3. The smallest absolute Gasteiger partial charge is 0.230 e. The van der Waals surface area contributed by atoms with Crippen LogP contribution in [-0.4, -0.2) is 69.3 Å². The number of H-pyrrole nitrogens is 1. The van der Waals surface area contributed by atoms with E-state index >= 15 is 0 Å². The molecule has 39 heavy (non-hydrogen) atoms. The molecule has 0 spiro atoms. The minimum Gasteiger partial charge on any atom is -0.493 e. The van der Waals surface area contributed by atoms with Crippen LogP contribution in [0.25, 0.3) is 10.9 Å². The van der Waals surface area contributed by atoms with E-state index in [-0.39, 0.29) is 24.7 Å². The normalized spacial score (nSPS) is 18.2. The second-order valence-corrected chi connectivity index (χ2v) is 9.73. The van der Waals surface area contributed by atoms with Crippen molar-refractivity contribution >= 4 is 46.5 Å². The average Bonchev–Trinajstić information content (AvgIpc) is 3.65. The Bertz CT molecular complexity index is 1450. The first kappa shape index (κ1) is 26.8. The van der Waals surface area contributed by atoms with Crippen molar-refractivity contribution in [1.82, 2.24) is 30.4 Å². The van der Waals surface area contributed by atoms with Gasteiger partial charge in [0.05, 0.1) is 18.5 Å². The van der Waals surface area contributed by atoms with E-state index in [1.165, 1.54) is 24.9 Å². The Morgan fingerprint density at radius 3 is 2.92 bits per heavy atom. The molecule has 2 saturated heterocycles. The van der Waals surface area contributed by atoms with Gasteiger partial charge in [0, 0.05) is 60.6 Å². The van der Waals surface area contributed by atoms with Crippen LogP contribution >= 0.6 is 12.4 Å². The first-order valence-electron chi connectivity index (χ1n) is 12.8. The van der Waals surface area contributed by atoms with Crippen LogP contribution in [0.5, 0.6) is 5.75 Å². The van der Waals surface area contributed by atoms with Gasteiger partial charge in [-0.25, -0.2) is 14.4 Å². The Hall–Kier alpha value is -3.80. The number of hydrogen-bond acceptors (Lipinski definition) is 8. The number of ether oxygens (including phenoxy) is 1. The number of amides is 1. The van der Waals surface area contributed by atoms with Gasteiger partial charge >= 0.3 is 0 Å². The van der Waals surface area contributed by atoms with Crippen molar-refractivity contribution in [2.75, 3.05) is 36.9 Å². The van der Waals surface area contributed by atoms with Crippen molar-refractivity contribution in [2.24, 2.45) is 0 Å². The van der Waals surface area contributed by atoms with E-state index in [9.17, 15) is 9.18 Å². The number of aromatic amines is 1. The highest BCUT2D eigenvalue weighted by Gasteiger charge is 2.36. The van der Waals surface area contributed by atoms with Crippen LogP contribution in [-0.2, 0) is 11.2 Å². The number of aromatic nitrogens is 4. The monoisotopic (exact) mass is 552 g/mol. The van der Waals surface area contributed by atoms with Crippen LogP contribution in [0.15, 0.2) is 54.9 Å². The SMILES string of the molecule is Cl.O=C(Cc1cc(Nc2ncnc3cc(OCCCN4CC5CC4CN5)ccc23)n[nH]1)Nc1cccc(F)c1. The molecular formula is C27H30ClFN8O2. The number of piperazine rings is 1. The van der Waals surface area contributed by atoms with Crippen molar-refractivity contribution in [3.05, 3.63) is 66.4 Å². The highest BCUT2D eigenvalue weighted by atomic mass is 35.5. The van der Waals surface area contributed by atoms with Crippen LogP contribution in [0.2, 0.25) is 0 Å². The van der Waals surface area contributed by atoms with Crippen molar-refractivity contribution in [1.29, 1.82) is 0 Å². The third-order valence-corrected chi connectivity index (χ3v) is 6.97. The van der Waals surface area contributed by atoms with Crippen LogP contribution in [0, 0.1) is 5.82 Å². The summed E-state index contributed by atoms with van der Waals surface area (Å²) < 4.78 is 19.3. The Morgan fingerprint density at radius 2 is 2.10 bits per heavy atom. The molecule has 4 aromatic rings. The number of fused-ring (bicyclic) bond motifs is 3. The molecule has 4 heterocycles. The Morgan fingerprint density at radius 1 is 1.18 bits per heavy atom. The fourth-order valence-electron chi connectivity index (χ4n) is 5.19. The molecule has 12 heteroatoms. The minimum absolute atomic E-state index is 0. The largest absolute Gasteiger partial charge is 0.493 e. The Kier molecular flexibility index (Phi) is 8.20. The van der Waals surface area contributed by atoms with Gasteiger partial charge in [0.15, 0.2) is 5.82 Å². The first-order chi connectivity index (χ1) is 18.6. The summed E-state index contributed by atoms with van der Waals surface area (Å²) in [6.45, 7) is 3.97. The van der Waals surface area contributed by atoms with Gasteiger partial charge in [-0.1, -0.05) is 6.07 Å². The summed E-state index contributed by atoms with van der Waals surface area (Å²) >= 11 is 0. The molecule has 204 valence electrons. The van der Waals surface area contributed by atoms with Crippen LogP contribution in [0.1, 0.15) is 18.5 Å². The fraction of sp³-hybridized carbons (Fsp3) is 0.333. The van der Waals surface area contributed by atoms with Gasteiger partial charge in [-0.15, -0.1) is 12.4 Å². The number of benzene rings is 2. The molecule has 0 saturated carbocycles. The van der Waals surface area contributed by atoms with E-state index in [1.807, 2.05) is 18.2 Å². The maximum Gasteiger partial charge on any atom is 0.230 e. The van der Waals surface area contributed by atoms with Gasteiger partial charge < -0.3 is 20.7 Å². The first-order valence-corrected chi connectivity index (χ1v) is 12.8. The molecule has 2 aliphatic heterocycles. The van der Waals surface area contributed by atoms with E-state index in [4.69, 9.17) is 4.74 Å². The second kappa shape index (κ2) is 11.9. The van der Waals surface area contributed by atoms with Crippen LogP contribution in [0.3, 0.4) is 0 Å². The minimum atomic E-state index is -0.409. The molecular weight excluding hydrogens is 523 g/mol. The standard InChI is InChI=1S/C27H29FN8O2.ClH/c28-17-3-1-4-18(9-17)32-26(37)12-19-11-25(35-34-19)33-27-23-6-5-22(13-24(23)30-16-31-27)38-8-2-7-36-15-20-10-21(36)14-29-20;/h1,3-6,9,11,13,16,20-21,29H,2,7-8,10,12,14-15H2,(H,32,37)(H2,30,31,33,34,35);1H. The van der Waals surface area contributed by atoms with Crippen LogP contribution < -0.4 is 20.7 Å². The lowest BCUT2D eigenvalue weighted by Crippen LogP contribution is -2.44. The van der Waals surface area contributed by atoms with E-state index in [1.54, 1.807) is 18.2 Å². The van der Waals surface area contributed by atoms with E-state index in [0.29, 0.717) is 41.7 Å². The fourth-order valence-corrected chi connectivity index (χ4v) is 5.19. The van der Waals surface area contributed by atoms with E-state index in [2.05, 4.69) is 41.0 Å². The highest BCUT2D eigenvalue weighted by molar-refractivity contribution is 5.93. The van der Waals surface area contributed by atoms with Crippen molar-refractivity contribution in [2.45, 2.75) is 31.3 Å². The zero-order valence-corrected chi connectivity index (χ0v) is 22.0. The molecule has 10 nitrogen and oxygen atoms in total. The van der Waals surface area contributed by atoms with Gasteiger partial charge in [0.25, 0.3) is 0 Å². The zero-order chi connectivity index (χ0) is 25.9. The summed E-state index contributed by atoms with van der Waals surface area (Å²) in [4.78, 5) is 23.6. The summed E-state index contributed by atoms with van der Waals surface area (Å²) in [6.07, 6.45) is 3.81. The number of likely N-dealkylation sites (tertiary alicyclic amines) is 1. The molecule has 4 N–H and O–H groups in total. The number of carbonyl (C=O) groups excluding carboxylic acids is 1. The third kappa shape index (κ3) is 6.44. The predicted molar refractivity (Wildman–Crippen MR) is 149 cm³/mol. The van der Waals surface area contributed by atoms with Crippen molar-refractivity contribution in [3.63, 3.8) is 0 Å². The molecule has 6 rings (SSSR count). The highest BCUT2D eigenvalue weighted by Crippen LogP contribution is 2.27.